The maximum absolute atomic E-state index is 12.2. The molecule has 106 valence electrons. The van der Waals surface area contributed by atoms with Crippen molar-refractivity contribution < 1.29 is 8.42 Å². The van der Waals surface area contributed by atoms with Crippen LogP contribution in [-0.4, -0.2) is 31.3 Å². The fraction of sp³-hybridized carbons (Fsp3) is 0.308. The molecule has 2 aromatic rings. The van der Waals surface area contributed by atoms with Crippen molar-refractivity contribution in [2.24, 2.45) is 0 Å². The quantitative estimate of drug-likeness (QED) is 0.861. The molecule has 0 fully saturated rings. The Bertz CT molecular complexity index is 681. The van der Waals surface area contributed by atoms with Gasteiger partial charge in [-0.2, -0.15) is 5.10 Å². The number of aromatic nitrogens is 2. The van der Waals surface area contributed by atoms with Crippen LogP contribution >= 0.6 is 0 Å². The van der Waals surface area contributed by atoms with Crippen LogP contribution in [0.15, 0.2) is 47.5 Å². The molecule has 0 spiro atoms. The van der Waals surface area contributed by atoms with Crippen LogP contribution in [0.5, 0.6) is 0 Å². The second kappa shape index (κ2) is 5.35. The van der Waals surface area contributed by atoms with E-state index in [4.69, 9.17) is 0 Å². The molecule has 1 atom stereocenters. The first-order valence-electron chi connectivity index (χ1n) is 6.44. The second-order valence-corrected chi connectivity index (χ2v) is 6.48. The van der Waals surface area contributed by atoms with Gasteiger partial charge in [0.05, 0.1) is 16.6 Å². The predicted molar refractivity (Wildman–Crippen MR) is 74.6 cm³/mol. The molecule has 3 rings (SSSR count). The normalized spacial score (nSPS) is 18.7. The van der Waals surface area contributed by atoms with E-state index in [1.807, 2.05) is 10.7 Å². The van der Waals surface area contributed by atoms with Crippen LogP contribution in [0.2, 0.25) is 0 Å². The van der Waals surface area contributed by atoms with Crippen LogP contribution in [0.25, 0.3) is 0 Å². The van der Waals surface area contributed by atoms with Crippen LogP contribution in [0, 0.1) is 0 Å². The number of benzene rings is 1. The van der Waals surface area contributed by atoms with Crippen LogP contribution in [-0.2, 0) is 16.6 Å². The summed E-state index contributed by atoms with van der Waals surface area (Å²) in [5.41, 5.74) is 1.07. The molecule has 1 unspecified atom stereocenters. The molecule has 1 aromatic carbocycles. The van der Waals surface area contributed by atoms with Crippen molar-refractivity contribution in [3.63, 3.8) is 0 Å². The third kappa shape index (κ3) is 2.60. The molecule has 6 nitrogen and oxygen atoms in total. The number of sulfonamides is 1. The summed E-state index contributed by atoms with van der Waals surface area (Å²) in [7, 11) is -3.46. The molecule has 0 aliphatic carbocycles. The second-order valence-electron chi connectivity index (χ2n) is 4.72. The first-order valence-corrected chi connectivity index (χ1v) is 7.93. The van der Waals surface area contributed by atoms with Crippen molar-refractivity contribution in [2.45, 2.75) is 17.5 Å². The Balaban J connectivity index is 1.72. The zero-order valence-corrected chi connectivity index (χ0v) is 11.7. The highest BCUT2D eigenvalue weighted by atomic mass is 32.2. The molecule has 20 heavy (non-hydrogen) atoms. The molecule has 1 aliphatic heterocycles. The summed E-state index contributed by atoms with van der Waals surface area (Å²) in [5, 5.41) is 7.51. The largest absolute Gasteiger partial charge is 0.309 e. The Morgan fingerprint density at radius 1 is 1.30 bits per heavy atom. The van der Waals surface area contributed by atoms with E-state index < -0.39 is 10.0 Å². The van der Waals surface area contributed by atoms with Gasteiger partial charge in [0.15, 0.2) is 0 Å². The SMILES string of the molecule is O=S(=O)(NCC1CNCc2ccnn21)c1ccccc1. The van der Waals surface area contributed by atoms with Gasteiger partial charge in [0.2, 0.25) is 10.0 Å². The number of rotatable bonds is 4. The van der Waals surface area contributed by atoms with E-state index in [1.165, 1.54) is 0 Å². The third-order valence-corrected chi connectivity index (χ3v) is 4.79. The Morgan fingerprint density at radius 2 is 2.10 bits per heavy atom. The van der Waals surface area contributed by atoms with Gasteiger partial charge in [-0.3, -0.25) is 4.68 Å². The molecule has 0 saturated carbocycles. The van der Waals surface area contributed by atoms with Crippen molar-refractivity contribution in [1.82, 2.24) is 19.8 Å². The molecule has 1 aromatic heterocycles. The first kappa shape index (κ1) is 13.3. The number of hydrogen-bond acceptors (Lipinski definition) is 4. The summed E-state index contributed by atoms with van der Waals surface area (Å²) in [6.45, 7) is 1.78. The van der Waals surface area contributed by atoms with Gasteiger partial charge in [-0.05, 0) is 18.2 Å². The third-order valence-electron chi connectivity index (χ3n) is 3.35. The first-order chi connectivity index (χ1) is 9.67. The van der Waals surface area contributed by atoms with E-state index in [1.54, 1.807) is 36.5 Å². The highest BCUT2D eigenvalue weighted by Crippen LogP contribution is 2.14. The van der Waals surface area contributed by atoms with Gasteiger partial charge in [-0.15, -0.1) is 0 Å². The summed E-state index contributed by atoms with van der Waals surface area (Å²) >= 11 is 0. The Hall–Kier alpha value is -1.70. The van der Waals surface area contributed by atoms with E-state index in [2.05, 4.69) is 15.1 Å². The van der Waals surface area contributed by atoms with Gasteiger partial charge in [-0.25, -0.2) is 13.1 Å². The zero-order valence-electron chi connectivity index (χ0n) is 10.9. The molecule has 0 amide bonds. The lowest BCUT2D eigenvalue weighted by Gasteiger charge is -2.25. The van der Waals surface area contributed by atoms with E-state index in [0.717, 1.165) is 12.2 Å². The maximum Gasteiger partial charge on any atom is 0.240 e. The molecule has 1 aliphatic rings. The average Bonchev–Trinajstić information content (AvgIpc) is 2.95. The van der Waals surface area contributed by atoms with Gasteiger partial charge in [0.25, 0.3) is 0 Å². The van der Waals surface area contributed by atoms with Crippen LogP contribution in [0.1, 0.15) is 11.7 Å². The van der Waals surface area contributed by atoms with Gasteiger partial charge in [-0.1, -0.05) is 18.2 Å². The van der Waals surface area contributed by atoms with Crippen LogP contribution < -0.4 is 10.0 Å². The highest BCUT2D eigenvalue weighted by molar-refractivity contribution is 7.89. The Morgan fingerprint density at radius 3 is 2.90 bits per heavy atom. The van der Waals surface area contributed by atoms with Gasteiger partial charge in [0, 0.05) is 25.8 Å². The van der Waals surface area contributed by atoms with Crippen molar-refractivity contribution in [2.75, 3.05) is 13.1 Å². The average molecular weight is 292 g/mol. The fourth-order valence-electron chi connectivity index (χ4n) is 2.31. The maximum atomic E-state index is 12.2. The molecule has 0 saturated heterocycles. The summed E-state index contributed by atoms with van der Waals surface area (Å²) < 4.78 is 28.9. The van der Waals surface area contributed by atoms with Crippen molar-refractivity contribution in [3.8, 4) is 0 Å². The number of nitrogens with zero attached hydrogens (tertiary/aromatic N) is 2. The topological polar surface area (TPSA) is 76.0 Å². The lowest BCUT2D eigenvalue weighted by atomic mass is 10.2. The minimum atomic E-state index is -3.46. The molecular weight excluding hydrogens is 276 g/mol. The fourth-order valence-corrected chi connectivity index (χ4v) is 3.41. The monoisotopic (exact) mass is 292 g/mol. The van der Waals surface area contributed by atoms with E-state index in [-0.39, 0.29) is 10.9 Å². The van der Waals surface area contributed by atoms with E-state index in [9.17, 15) is 8.42 Å². The lowest BCUT2D eigenvalue weighted by Crippen LogP contribution is -2.40. The number of hydrogen-bond donors (Lipinski definition) is 2. The predicted octanol–water partition coefficient (Wildman–Crippen LogP) is 0.506. The Kier molecular flexibility index (Phi) is 3.56. The van der Waals surface area contributed by atoms with Crippen LogP contribution in [0.4, 0.5) is 0 Å². The van der Waals surface area contributed by atoms with Crippen molar-refractivity contribution >= 4 is 10.0 Å². The summed E-state index contributed by atoms with van der Waals surface area (Å²) in [6.07, 6.45) is 1.74. The molecule has 7 heteroatoms. The van der Waals surface area contributed by atoms with Crippen LogP contribution in [0.3, 0.4) is 0 Å². The lowest BCUT2D eigenvalue weighted by molar-refractivity contribution is 0.365. The molecular formula is C13H16N4O2S. The highest BCUT2D eigenvalue weighted by Gasteiger charge is 2.22. The van der Waals surface area contributed by atoms with E-state index >= 15 is 0 Å². The van der Waals surface area contributed by atoms with Crippen molar-refractivity contribution in [1.29, 1.82) is 0 Å². The Labute approximate surface area is 117 Å². The molecule has 0 radical (unpaired) electrons. The molecule has 2 N–H and O–H groups in total. The minimum Gasteiger partial charge on any atom is -0.309 e. The summed E-state index contributed by atoms with van der Waals surface area (Å²) in [6, 6.07) is 10.3. The zero-order chi connectivity index (χ0) is 14.0. The van der Waals surface area contributed by atoms with Gasteiger partial charge < -0.3 is 5.32 Å². The number of nitrogens with one attached hydrogen (secondary N) is 2. The van der Waals surface area contributed by atoms with Gasteiger partial charge in [0.1, 0.15) is 0 Å². The standard InChI is InChI=1S/C13H16N4O2S/c18-20(19,13-4-2-1-3-5-13)16-10-12-9-14-8-11-6-7-15-17(11)12/h1-7,12,14,16H,8-10H2. The van der Waals surface area contributed by atoms with Crippen molar-refractivity contribution in [3.05, 3.63) is 48.3 Å². The molecule has 0 bridgehead atoms. The summed E-state index contributed by atoms with van der Waals surface area (Å²) in [5.74, 6) is 0. The molecule has 2 heterocycles. The van der Waals surface area contributed by atoms with E-state index in [0.29, 0.717) is 13.1 Å². The summed E-state index contributed by atoms with van der Waals surface area (Å²) in [4.78, 5) is 0.282. The number of fused-ring (bicyclic) bond motifs is 1. The smallest absolute Gasteiger partial charge is 0.240 e. The van der Waals surface area contributed by atoms with Gasteiger partial charge >= 0.3 is 0 Å². The minimum absolute atomic E-state index is 0.00719.